The van der Waals surface area contributed by atoms with E-state index in [1.807, 2.05) is 30.7 Å². The molecule has 0 fully saturated rings. The highest BCUT2D eigenvalue weighted by Crippen LogP contribution is 2.14. The minimum atomic E-state index is -0.170. The first kappa shape index (κ1) is 24.4. The lowest BCUT2D eigenvalue weighted by atomic mass is 10.1. The molecule has 0 bridgehead atoms. The zero-order valence-corrected chi connectivity index (χ0v) is 19.4. The number of nitrogens with zero attached hydrogens (tertiary/aromatic N) is 3. The van der Waals surface area contributed by atoms with Gasteiger partial charge in [0.1, 0.15) is 5.82 Å². The zero-order chi connectivity index (χ0) is 19.6. The highest BCUT2D eigenvalue weighted by molar-refractivity contribution is 14.0. The standard InChI is InChI=1S/C20H30FN5O.HI/c1-5-22-20(23-11-10-17-8-6-7-9-19(17)21)24-14-18-15(2)25-26(16(18)3)12-13-27-4;/h6-9H,5,10-14H2,1-4H3,(H2,22,23,24);1H. The third-order valence-corrected chi connectivity index (χ3v) is 4.42. The number of benzene rings is 1. The molecule has 8 heteroatoms. The minimum Gasteiger partial charge on any atom is -0.383 e. The molecule has 1 aromatic heterocycles. The molecular weight excluding hydrogens is 472 g/mol. The van der Waals surface area contributed by atoms with Crippen LogP contribution < -0.4 is 10.6 Å². The summed E-state index contributed by atoms with van der Waals surface area (Å²) in [5.74, 6) is 0.549. The van der Waals surface area contributed by atoms with Crippen LogP contribution in [0.5, 0.6) is 0 Å². The van der Waals surface area contributed by atoms with Crippen molar-refractivity contribution in [2.24, 2.45) is 4.99 Å². The SMILES string of the molecule is CCNC(=NCc1c(C)nn(CCOC)c1C)NCCc1ccccc1F.I. The molecule has 0 spiro atoms. The van der Waals surface area contributed by atoms with E-state index in [0.29, 0.717) is 31.7 Å². The van der Waals surface area contributed by atoms with Crippen LogP contribution in [-0.2, 0) is 24.2 Å². The Bertz CT molecular complexity index is 763. The van der Waals surface area contributed by atoms with Crippen LogP contribution in [0, 0.1) is 19.7 Å². The highest BCUT2D eigenvalue weighted by Gasteiger charge is 2.11. The van der Waals surface area contributed by atoms with E-state index in [-0.39, 0.29) is 29.8 Å². The fraction of sp³-hybridized carbons (Fsp3) is 0.500. The lowest BCUT2D eigenvalue weighted by Gasteiger charge is -2.12. The van der Waals surface area contributed by atoms with Gasteiger partial charge in [-0.2, -0.15) is 5.10 Å². The summed E-state index contributed by atoms with van der Waals surface area (Å²) in [4.78, 5) is 4.67. The van der Waals surface area contributed by atoms with E-state index in [1.54, 1.807) is 13.2 Å². The lowest BCUT2D eigenvalue weighted by molar-refractivity contribution is 0.182. The molecule has 1 aromatic carbocycles. The maximum absolute atomic E-state index is 13.7. The molecule has 0 atom stereocenters. The van der Waals surface area contributed by atoms with E-state index >= 15 is 0 Å². The zero-order valence-electron chi connectivity index (χ0n) is 17.1. The molecule has 2 aromatic rings. The Morgan fingerprint density at radius 2 is 2.00 bits per heavy atom. The molecule has 0 saturated heterocycles. The van der Waals surface area contributed by atoms with Crippen molar-refractivity contribution in [3.63, 3.8) is 0 Å². The number of aliphatic imine (C=N–C) groups is 1. The number of aryl methyl sites for hydroxylation is 1. The quantitative estimate of drug-likeness (QED) is 0.314. The van der Waals surface area contributed by atoms with Gasteiger partial charge in [-0.15, -0.1) is 24.0 Å². The summed E-state index contributed by atoms with van der Waals surface area (Å²) in [6.45, 7) is 9.35. The molecule has 2 rings (SSSR count). The van der Waals surface area contributed by atoms with E-state index in [0.717, 1.165) is 36.0 Å². The van der Waals surface area contributed by atoms with Gasteiger partial charge in [0, 0.05) is 31.5 Å². The molecule has 0 aliphatic heterocycles. The minimum absolute atomic E-state index is 0. The fourth-order valence-electron chi connectivity index (χ4n) is 2.87. The van der Waals surface area contributed by atoms with Crippen molar-refractivity contribution < 1.29 is 9.13 Å². The summed E-state index contributed by atoms with van der Waals surface area (Å²) >= 11 is 0. The first-order valence-corrected chi connectivity index (χ1v) is 9.34. The van der Waals surface area contributed by atoms with Crippen LogP contribution in [0.3, 0.4) is 0 Å². The van der Waals surface area contributed by atoms with Crippen molar-refractivity contribution in [1.29, 1.82) is 0 Å². The van der Waals surface area contributed by atoms with E-state index in [4.69, 9.17) is 4.74 Å². The van der Waals surface area contributed by atoms with Gasteiger partial charge in [-0.25, -0.2) is 9.38 Å². The van der Waals surface area contributed by atoms with Gasteiger partial charge in [0.15, 0.2) is 5.96 Å². The average Bonchev–Trinajstić information content (AvgIpc) is 2.92. The Labute approximate surface area is 184 Å². The van der Waals surface area contributed by atoms with Crippen molar-refractivity contribution in [2.45, 2.75) is 40.3 Å². The van der Waals surface area contributed by atoms with Crippen LogP contribution in [0.4, 0.5) is 4.39 Å². The summed E-state index contributed by atoms with van der Waals surface area (Å²) in [6, 6.07) is 6.85. The number of aromatic nitrogens is 2. The second-order valence-corrected chi connectivity index (χ2v) is 6.33. The highest BCUT2D eigenvalue weighted by atomic mass is 127. The van der Waals surface area contributed by atoms with Crippen LogP contribution in [0.1, 0.15) is 29.4 Å². The molecule has 0 unspecified atom stereocenters. The number of halogens is 2. The van der Waals surface area contributed by atoms with Crippen LogP contribution in [0.25, 0.3) is 0 Å². The first-order chi connectivity index (χ1) is 13.1. The molecule has 6 nitrogen and oxygen atoms in total. The normalized spacial score (nSPS) is 11.2. The summed E-state index contributed by atoms with van der Waals surface area (Å²) in [6.07, 6.45) is 0.601. The van der Waals surface area contributed by atoms with Crippen molar-refractivity contribution in [3.8, 4) is 0 Å². The maximum Gasteiger partial charge on any atom is 0.191 e. The summed E-state index contributed by atoms with van der Waals surface area (Å²) < 4.78 is 20.8. The summed E-state index contributed by atoms with van der Waals surface area (Å²) in [5, 5.41) is 11.1. The monoisotopic (exact) mass is 503 g/mol. The van der Waals surface area contributed by atoms with Crippen molar-refractivity contribution >= 4 is 29.9 Å². The smallest absolute Gasteiger partial charge is 0.191 e. The third-order valence-electron chi connectivity index (χ3n) is 4.42. The van der Waals surface area contributed by atoms with Gasteiger partial charge in [0.2, 0.25) is 0 Å². The average molecular weight is 503 g/mol. The van der Waals surface area contributed by atoms with Crippen molar-refractivity contribution in [1.82, 2.24) is 20.4 Å². The van der Waals surface area contributed by atoms with Gasteiger partial charge >= 0.3 is 0 Å². The predicted molar refractivity (Wildman–Crippen MR) is 122 cm³/mol. The Balaban J connectivity index is 0.00000392. The number of nitrogens with one attached hydrogen (secondary N) is 2. The molecule has 0 radical (unpaired) electrons. The Kier molecular flexibility index (Phi) is 11.1. The largest absolute Gasteiger partial charge is 0.383 e. The number of ether oxygens (including phenoxy) is 1. The predicted octanol–water partition coefficient (Wildman–Crippen LogP) is 3.20. The fourth-order valence-corrected chi connectivity index (χ4v) is 2.87. The van der Waals surface area contributed by atoms with Crippen LogP contribution in [0.2, 0.25) is 0 Å². The molecule has 0 aliphatic carbocycles. The molecule has 1 heterocycles. The van der Waals surface area contributed by atoms with Gasteiger partial charge in [0.25, 0.3) is 0 Å². The van der Waals surface area contributed by atoms with Gasteiger partial charge in [0.05, 0.1) is 25.4 Å². The molecule has 2 N–H and O–H groups in total. The molecule has 28 heavy (non-hydrogen) atoms. The number of rotatable bonds is 9. The van der Waals surface area contributed by atoms with Crippen LogP contribution in [-0.4, -0.2) is 42.5 Å². The Morgan fingerprint density at radius 1 is 1.25 bits per heavy atom. The number of methoxy groups -OCH3 is 1. The second kappa shape index (κ2) is 12.7. The maximum atomic E-state index is 13.7. The topological polar surface area (TPSA) is 63.5 Å². The van der Waals surface area contributed by atoms with Crippen molar-refractivity contribution in [3.05, 3.63) is 52.6 Å². The van der Waals surface area contributed by atoms with E-state index in [9.17, 15) is 4.39 Å². The van der Waals surface area contributed by atoms with E-state index < -0.39 is 0 Å². The summed E-state index contributed by atoms with van der Waals surface area (Å²) in [7, 11) is 1.69. The Hall–Kier alpha value is -1.68. The van der Waals surface area contributed by atoms with Gasteiger partial charge in [-0.1, -0.05) is 18.2 Å². The van der Waals surface area contributed by atoms with Crippen LogP contribution >= 0.6 is 24.0 Å². The lowest BCUT2D eigenvalue weighted by Crippen LogP contribution is -2.38. The summed E-state index contributed by atoms with van der Waals surface area (Å²) in [5.41, 5.74) is 3.91. The Morgan fingerprint density at radius 3 is 2.68 bits per heavy atom. The van der Waals surface area contributed by atoms with E-state index in [1.165, 1.54) is 6.07 Å². The third kappa shape index (κ3) is 7.05. The van der Waals surface area contributed by atoms with E-state index in [2.05, 4.69) is 27.6 Å². The van der Waals surface area contributed by atoms with Crippen LogP contribution in [0.15, 0.2) is 29.3 Å². The molecule has 0 saturated carbocycles. The molecule has 0 amide bonds. The second-order valence-electron chi connectivity index (χ2n) is 6.33. The molecule has 156 valence electrons. The number of guanidine groups is 1. The first-order valence-electron chi connectivity index (χ1n) is 9.34. The molecular formula is C20H31FIN5O. The molecule has 0 aliphatic rings. The van der Waals surface area contributed by atoms with Gasteiger partial charge in [-0.3, -0.25) is 4.68 Å². The van der Waals surface area contributed by atoms with Gasteiger partial charge in [-0.05, 0) is 38.8 Å². The van der Waals surface area contributed by atoms with Gasteiger partial charge < -0.3 is 15.4 Å². The van der Waals surface area contributed by atoms with Crippen molar-refractivity contribution in [2.75, 3.05) is 26.8 Å². The number of hydrogen-bond acceptors (Lipinski definition) is 3. The number of hydrogen-bond donors (Lipinski definition) is 2.